The molecule has 23 heavy (non-hydrogen) atoms. The Balaban J connectivity index is 1.88. The van der Waals surface area contributed by atoms with Crippen LogP contribution >= 0.6 is 0 Å². The van der Waals surface area contributed by atoms with E-state index in [2.05, 4.69) is 16.3 Å². The highest BCUT2D eigenvalue weighted by Gasteiger charge is 2.20. The third-order valence-corrected chi connectivity index (χ3v) is 4.87. The van der Waals surface area contributed by atoms with Crippen LogP contribution in [0, 0.1) is 5.92 Å². The van der Waals surface area contributed by atoms with Gasteiger partial charge in [0.1, 0.15) is 5.75 Å². The van der Waals surface area contributed by atoms with E-state index in [-0.39, 0.29) is 11.9 Å². The van der Waals surface area contributed by atoms with Crippen LogP contribution in [0.25, 0.3) is 0 Å². The Kier molecular flexibility index (Phi) is 6.90. The zero-order valence-electron chi connectivity index (χ0n) is 14.7. The van der Waals surface area contributed by atoms with Gasteiger partial charge in [-0.25, -0.2) is 0 Å². The summed E-state index contributed by atoms with van der Waals surface area (Å²) in [5, 5.41) is 3.10. The molecule has 0 saturated heterocycles. The first-order valence-corrected chi connectivity index (χ1v) is 8.68. The molecule has 0 aromatic heterocycles. The number of nitrogens with one attached hydrogen (secondary N) is 1. The van der Waals surface area contributed by atoms with Crippen molar-refractivity contribution in [3.05, 3.63) is 29.8 Å². The molecule has 2 rings (SSSR count). The SMILES string of the molecule is COc1ccccc1C(CNC(=O)CCC1CCCC1)N(C)C. The Hall–Kier alpha value is -1.55. The molecular formula is C19H30N2O2. The number of ether oxygens (including phenoxy) is 1. The van der Waals surface area contributed by atoms with Gasteiger partial charge in [-0.05, 0) is 32.5 Å². The molecule has 0 bridgehead atoms. The van der Waals surface area contributed by atoms with Gasteiger partial charge in [-0.15, -0.1) is 0 Å². The summed E-state index contributed by atoms with van der Waals surface area (Å²) in [4.78, 5) is 14.3. The van der Waals surface area contributed by atoms with E-state index in [9.17, 15) is 4.79 Å². The summed E-state index contributed by atoms with van der Waals surface area (Å²) in [7, 11) is 5.75. The second-order valence-corrected chi connectivity index (χ2v) is 6.71. The number of benzene rings is 1. The fourth-order valence-corrected chi connectivity index (χ4v) is 3.45. The number of methoxy groups -OCH3 is 1. The second kappa shape index (κ2) is 8.92. The number of hydrogen-bond donors (Lipinski definition) is 1. The first-order chi connectivity index (χ1) is 11.1. The quantitative estimate of drug-likeness (QED) is 0.799. The summed E-state index contributed by atoms with van der Waals surface area (Å²) >= 11 is 0. The van der Waals surface area contributed by atoms with Crippen LogP contribution in [0.2, 0.25) is 0 Å². The molecule has 1 aromatic rings. The van der Waals surface area contributed by atoms with Gasteiger partial charge in [0.15, 0.2) is 0 Å². The Morgan fingerprint density at radius 2 is 2.00 bits per heavy atom. The molecule has 1 fully saturated rings. The standard InChI is InChI=1S/C19H30N2O2/c1-21(2)17(16-10-6-7-11-18(16)23-3)14-20-19(22)13-12-15-8-4-5-9-15/h6-7,10-11,15,17H,4-5,8-9,12-14H2,1-3H3,(H,20,22). The average molecular weight is 318 g/mol. The van der Waals surface area contributed by atoms with Crippen molar-refractivity contribution in [3.8, 4) is 5.75 Å². The molecule has 4 nitrogen and oxygen atoms in total. The molecule has 0 spiro atoms. The van der Waals surface area contributed by atoms with Gasteiger partial charge in [0, 0.05) is 18.5 Å². The van der Waals surface area contributed by atoms with Crippen molar-refractivity contribution in [2.45, 2.75) is 44.6 Å². The van der Waals surface area contributed by atoms with Crippen molar-refractivity contribution in [1.29, 1.82) is 0 Å². The van der Waals surface area contributed by atoms with E-state index in [4.69, 9.17) is 4.74 Å². The molecule has 0 aliphatic heterocycles. The van der Waals surface area contributed by atoms with Crippen molar-refractivity contribution >= 4 is 5.91 Å². The van der Waals surface area contributed by atoms with Crippen LogP contribution in [-0.2, 0) is 4.79 Å². The van der Waals surface area contributed by atoms with E-state index in [0.717, 1.165) is 23.7 Å². The van der Waals surface area contributed by atoms with Crippen molar-refractivity contribution in [1.82, 2.24) is 10.2 Å². The number of rotatable bonds is 8. The highest BCUT2D eigenvalue weighted by Crippen LogP contribution is 2.29. The monoisotopic (exact) mass is 318 g/mol. The van der Waals surface area contributed by atoms with Crippen LogP contribution < -0.4 is 10.1 Å². The summed E-state index contributed by atoms with van der Waals surface area (Å²) < 4.78 is 5.46. The molecule has 1 atom stereocenters. The zero-order valence-corrected chi connectivity index (χ0v) is 14.7. The first kappa shape index (κ1) is 17.8. The van der Waals surface area contributed by atoms with E-state index in [1.54, 1.807) is 7.11 Å². The Morgan fingerprint density at radius 3 is 2.65 bits per heavy atom. The summed E-state index contributed by atoms with van der Waals surface area (Å²) in [6.07, 6.45) is 6.96. The molecule has 1 aliphatic carbocycles. The molecule has 0 heterocycles. The maximum absolute atomic E-state index is 12.2. The van der Waals surface area contributed by atoms with Crippen LogP contribution in [0.1, 0.15) is 50.1 Å². The van der Waals surface area contributed by atoms with Gasteiger partial charge >= 0.3 is 0 Å². The number of likely N-dealkylation sites (N-methyl/N-ethyl adjacent to an activating group) is 1. The lowest BCUT2D eigenvalue weighted by molar-refractivity contribution is -0.121. The minimum absolute atomic E-state index is 0.113. The highest BCUT2D eigenvalue weighted by atomic mass is 16.5. The predicted molar refractivity (Wildman–Crippen MR) is 93.6 cm³/mol. The molecule has 1 saturated carbocycles. The average Bonchev–Trinajstić information content (AvgIpc) is 3.06. The fraction of sp³-hybridized carbons (Fsp3) is 0.632. The summed E-state index contributed by atoms with van der Waals surface area (Å²) in [5.41, 5.74) is 1.11. The van der Waals surface area contributed by atoms with Crippen LogP contribution in [-0.4, -0.2) is 38.6 Å². The van der Waals surface area contributed by atoms with Gasteiger partial charge in [-0.3, -0.25) is 4.79 Å². The minimum Gasteiger partial charge on any atom is -0.496 e. The van der Waals surface area contributed by atoms with Gasteiger partial charge in [-0.2, -0.15) is 0 Å². The summed E-state index contributed by atoms with van der Waals surface area (Å²) in [6.45, 7) is 0.608. The van der Waals surface area contributed by atoms with Crippen LogP contribution in [0.4, 0.5) is 0 Å². The number of nitrogens with zero attached hydrogens (tertiary/aromatic N) is 1. The van der Waals surface area contributed by atoms with E-state index in [1.807, 2.05) is 32.3 Å². The lowest BCUT2D eigenvalue weighted by Crippen LogP contribution is -2.34. The molecule has 1 aromatic carbocycles. The zero-order chi connectivity index (χ0) is 16.7. The topological polar surface area (TPSA) is 41.6 Å². The van der Waals surface area contributed by atoms with Crippen molar-refractivity contribution in [2.24, 2.45) is 5.92 Å². The van der Waals surface area contributed by atoms with Crippen LogP contribution in [0.5, 0.6) is 5.75 Å². The third kappa shape index (κ3) is 5.24. The van der Waals surface area contributed by atoms with E-state index in [0.29, 0.717) is 13.0 Å². The Labute approximate surface area is 140 Å². The molecule has 1 aliphatic rings. The number of para-hydroxylation sites is 1. The van der Waals surface area contributed by atoms with Gasteiger partial charge in [0.2, 0.25) is 5.91 Å². The maximum atomic E-state index is 12.2. The minimum atomic E-state index is 0.113. The maximum Gasteiger partial charge on any atom is 0.220 e. The van der Waals surface area contributed by atoms with Crippen LogP contribution in [0.3, 0.4) is 0 Å². The number of hydrogen-bond acceptors (Lipinski definition) is 3. The molecule has 1 amide bonds. The third-order valence-electron chi connectivity index (χ3n) is 4.87. The first-order valence-electron chi connectivity index (χ1n) is 8.68. The van der Waals surface area contributed by atoms with E-state index in [1.165, 1.54) is 25.7 Å². The van der Waals surface area contributed by atoms with Gasteiger partial charge in [0.05, 0.1) is 13.2 Å². The van der Waals surface area contributed by atoms with Crippen molar-refractivity contribution < 1.29 is 9.53 Å². The number of carbonyl (C=O) groups excluding carboxylic acids is 1. The molecule has 128 valence electrons. The van der Waals surface area contributed by atoms with Crippen molar-refractivity contribution in [2.75, 3.05) is 27.7 Å². The summed E-state index contributed by atoms with van der Waals surface area (Å²) in [6, 6.07) is 8.12. The predicted octanol–water partition coefficient (Wildman–Crippen LogP) is 3.38. The fourth-order valence-electron chi connectivity index (χ4n) is 3.45. The lowest BCUT2D eigenvalue weighted by Gasteiger charge is -2.26. The number of carbonyl (C=O) groups is 1. The number of amides is 1. The van der Waals surface area contributed by atoms with Crippen molar-refractivity contribution in [3.63, 3.8) is 0 Å². The van der Waals surface area contributed by atoms with Gasteiger partial charge in [0.25, 0.3) is 0 Å². The molecule has 1 unspecified atom stereocenters. The second-order valence-electron chi connectivity index (χ2n) is 6.71. The summed E-state index contributed by atoms with van der Waals surface area (Å²) in [5.74, 6) is 1.80. The largest absolute Gasteiger partial charge is 0.496 e. The highest BCUT2D eigenvalue weighted by molar-refractivity contribution is 5.75. The van der Waals surface area contributed by atoms with E-state index >= 15 is 0 Å². The molecule has 4 heteroatoms. The molecule has 0 radical (unpaired) electrons. The Morgan fingerprint density at radius 1 is 1.30 bits per heavy atom. The Bertz CT molecular complexity index is 496. The normalized spacial score (nSPS) is 16.5. The van der Waals surface area contributed by atoms with Crippen LogP contribution in [0.15, 0.2) is 24.3 Å². The molecule has 1 N–H and O–H groups in total. The van der Waals surface area contributed by atoms with E-state index < -0.39 is 0 Å². The van der Waals surface area contributed by atoms with Gasteiger partial charge in [-0.1, -0.05) is 43.9 Å². The smallest absolute Gasteiger partial charge is 0.220 e. The molecular weight excluding hydrogens is 288 g/mol. The van der Waals surface area contributed by atoms with Gasteiger partial charge < -0.3 is 15.0 Å². The lowest BCUT2D eigenvalue weighted by atomic mass is 10.0.